The Morgan fingerprint density at radius 2 is 1.41 bits per heavy atom. The molecule has 0 amide bonds. The third kappa shape index (κ3) is 3.73. The number of halogens is 1. The Morgan fingerprint density at radius 1 is 0.909 bits per heavy atom. The van der Waals surface area contributed by atoms with Crippen LogP contribution < -0.4 is 4.90 Å². The Labute approximate surface area is 140 Å². The molecule has 0 atom stereocenters. The van der Waals surface area contributed by atoms with Crippen molar-refractivity contribution in [2.75, 3.05) is 17.2 Å². The summed E-state index contributed by atoms with van der Waals surface area (Å²) >= 11 is 0. The Balaban J connectivity index is 0.000000847. The average Bonchev–Trinajstić information content (AvgIpc) is 2.75. The van der Waals surface area contributed by atoms with Gasteiger partial charge in [0.15, 0.2) is 0 Å². The van der Waals surface area contributed by atoms with Gasteiger partial charge in [-0.15, -0.1) is 0 Å². The summed E-state index contributed by atoms with van der Waals surface area (Å²) in [5, 5.41) is 0. The highest BCUT2D eigenvalue weighted by atomic mass is 35.7. The van der Waals surface area contributed by atoms with Crippen LogP contribution in [0.5, 0.6) is 0 Å². The number of benzene rings is 2. The number of hydrogen-bond acceptors (Lipinski definition) is 3. The monoisotopic (exact) mass is 331 g/mol. The number of para-hydroxylation sites is 2. The van der Waals surface area contributed by atoms with Crippen LogP contribution in [0.2, 0.25) is 0 Å². The fourth-order valence-corrected chi connectivity index (χ4v) is 3.14. The maximum absolute atomic E-state index is 8.00. The second-order valence-electron chi connectivity index (χ2n) is 4.77. The molecule has 0 spiro atoms. The summed E-state index contributed by atoms with van der Waals surface area (Å²) in [5.74, 6) is 0.968. The van der Waals surface area contributed by atoms with E-state index in [9.17, 15) is 0 Å². The van der Waals surface area contributed by atoms with E-state index in [1.807, 2.05) is 6.79 Å². The maximum Gasteiger partial charge on any atom is 0.106 e. The predicted octanol–water partition coefficient (Wildman–Crippen LogP) is 5.40. The SMILES string of the molecule is C=O.ClSCCCN1c2ccccc2C=Cc2ccccc21. The Bertz CT molecular complexity index is 595. The van der Waals surface area contributed by atoms with Gasteiger partial charge in [-0.1, -0.05) is 59.5 Å². The van der Waals surface area contributed by atoms with Crippen LogP contribution in [0.15, 0.2) is 48.5 Å². The summed E-state index contributed by atoms with van der Waals surface area (Å²) < 4.78 is 0. The minimum absolute atomic E-state index is 0.968. The van der Waals surface area contributed by atoms with Gasteiger partial charge < -0.3 is 9.69 Å². The highest BCUT2D eigenvalue weighted by Gasteiger charge is 2.16. The molecular formula is C18H18ClNOS. The van der Waals surface area contributed by atoms with Crippen molar-refractivity contribution in [2.45, 2.75) is 6.42 Å². The van der Waals surface area contributed by atoms with E-state index in [1.165, 1.54) is 33.5 Å². The van der Waals surface area contributed by atoms with E-state index in [0.29, 0.717) is 0 Å². The van der Waals surface area contributed by atoms with Crippen LogP contribution in [0, 0.1) is 0 Å². The lowest BCUT2D eigenvalue weighted by atomic mass is 10.1. The summed E-state index contributed by atoms with van der Waals surface area (Å²) in [7, 11) is 7.13. The van der Waals surface area contributed by atoms with Crippen molar-refractivity contribution in [2.24, 2.45) is 0 Å². The summed E-state index contributed by atoms with van der Waals surface area (Å²) in [4.78, 5) is 10.4. The fraction of sp³-hybridized carbons (Fsp3) is 0.167. The molecule has 0 saturated carbocycles. The first-order valence-corrected chi connectivity index (χ1v) is 8.87. The molecule has 0 aromatic heterocycles. The lowest BCUT2D eigenvalue weighted by molar-refractivity contribution is -0.0979. The van der Waals surface area contributed by atoms with Gasteiger partial charge in [0.1, 0.15) is 6.79 Å². The first-order valence-electron chi connectivity index (χ1n) is 7.06. The first-order chi connectivity index (χ1) is 10.9. The number of hydrogen-bond donors (Lipinski definition) is 0. The molecule has 3 rings (SSSR count). The summed E-state index contributed by atoms with van der Waals surface area (Å²) in [5.41, 5.74) is 5.07. The zero-order chi connectivity index (χ0) is 15.8. The minimum Gasteiger partial charge on any atom is -0.340 e. The molecule has 2 aromatic rings. The highest BCUT2D eigenvalue weighted by molar-refractivity contribution is 8.21. The minimum atomic E-state index is 0.968. The van der Waals surface area contributed by atoms with Crippen LogP contribution in [0.3, 0.4) is 0 Å². The van der Waals surface area contributed by atoms with E-state index in [1.54, 1.807) is 0 Å². The van der Waals surface area contributed by atoms with E-state index < -0.39 is 0 Å². The van der Waals surface area contributed by atoms with Crippen molar-refractivity contribution in [3.05, 3.63) is 59.7 Å². The molecule has 1 heterocycles. The van der Waals surface area contributed by atoms with Crippen molar-refractivity contribution in [1.29, 1.82) is 0 Å². The number of anilines is 2. The van der Waals surface area contributed by atoms with Crippen molar-refractivity contribution in [3.63, 3.8) is 0 Å². The lowest BCUT2D eigenvalue weighted by Gasteiger charge is -2.26. The second kappa shape index (κ2) is 8.66. The number of rotatable bonds is 4. The number of carbonyl (C=O) groups is 1. The van der Waals surface area contributed by atoms with Gasteiger partial charge in [-0.2, -0.15) is 0 Å². The smallest absolute Gasteiger partial charge is 0.106 e. The number of fused-ring (bicyclic) bond motifs is 2. The lowest BCUT2D eigenvalue weighted by Crippen LogP contribution is -2.20. The maximum atomic E-state index is 8.00. The van der Waals surface area contributed by atoms with E-state index in [-0.39, 0.29) is 0 Å². The molecule has 1 aliphatic heterocycles. The summed E-state index contributed by atoms with van der Waals surface area (Å²) in [6.07, 6.45) is 5.46. The van der Waals surface area contributed by atoms with Gasteiger partial charge in [-0.05, 0) is 40.4 Å². The Hall–Kier alpha value is -1.71. The quantitative estimate of drug-likeness (QED) is 0.699. The van der Waals surface area contributed by atoms with Gasteiger partial charge in [-0.3, -0.25) is 0 Å². The molecule has 0 saturated heterocycles. The van der Waals surface area contributed by atoms with Crippen LogP contribution >= 0.6 is 21.7 Å². The molecule has 2 nitrogen and oxygen atoms in total. The van der Waals surface area contributed by atoms with Gasteiger partial charge in [0.2, 0.25) is 0 Å². The molecule has 0 unspecified atom stereocenters. The van der Waals surface area contributed by atoms with Crippen LogP contribution in [-0.2, 0) is 4.79 Å². The van der Waals surface area contributed by atoms with Crippen LogP contribution in [0.25, 0.3) is 12.2 Å². The van der Waals surface area contributed by atoms with Gasteiger partial charge in [0, 0.05) is 23.7 Å². The van der Waals surface area contributed by atoms with E-state index in [0.717, 1.165) is 18.7 Å². The van der Waals surface area contributed by atoms with Crippen molar-refractivity contribution >= 4 is 52.0 Å². The summed E-state index contributed by atoms with van der Waals surface area (Å²) in [6, 6.07) is 17.1. The van der Waals surface area contributed by atoms with E-state index >= 15 is 0 Å². The average molecular weight is 332 g/mol. The third-order valence-corrected chi connectivity index (χ3v) is 4.41. The molecule has 0 radical (unpaired) electrons. The van der Waals surface area contributed by atoms with Gasteiger partial charge in [0.25, 0.3) is 0 Å². The molecule has 2 aromatic carbocycles. The number of carbonyl (C=O) groups excluding carboxylic acids is 1. The topological polar surface area (TPSA) is 20.3 Å². The predicted molar refractivity (Wildman–Crippen MR) is 98.9 cm³/mol. The van der Waals surface area contributed by atoms with Crippen LogP contribution in [0.1, 0.15) is 17.5 Å². The summed E-state index contributed by atoms with van der Waals surface area (Å²) in [6.45, 7) is 2.98. The molecular weight excluding hydrogens is 314 g/mol. The van der Waals surface area contributed by atoms with Gasteiger partial charge in [0.05, 0.1) is 0 Å². The Morgan fingerprint density at radius 3 is 1.91 bits per heavy atom. The second-order valence-corrected chi connectivity index (χ2v) is 6.05. The van der Waals surface area contributed by atoms with Crippen molar-refractivity contribution in [3.8, 4) is 0 Å². The standard InChI is InChI=1S/C17H16ClNS.CH2O/c18-20-13-5-12-19-16-8-3-1-6-14(16)10-11-15-7-2-4-9-17(15)19;1-2/h1-4,6-11H,5,12-13H2;1H2. The Kier molecular flexibility index (Phi) is 6.56. The zero-order valence-corrected chi connectivity index (χ0v) is 13.8. The first kappa shape index (κ1) is 16.7. The third-order valence-electron chi connectivity index (χ3n) is 3.50. The van der Waals surface area contributed by atoms with E-state index in [4.69, 9.17) is 15.5 Å². The van der Waals surface area contributed by atoms with Gasteiger partial charge in [-0.25, -0.2) is 0 Å². The van der Waals surface area contributed by atoms with Gasteiger partial charge >= 0.3 is 0 Å². The largest absolute Gasteiger partial charge is 0.340 e. The van der Waals surface area contributed by atoms with Crippen LogP contribution in [-0.4, -0.2) is 19.1 Å². The molecule has 0 bridgehead atoms. The van der Waals surface area contributed by atoms with Crippen molar-refractivity contribution in [1.82, 2.24) is 0 Å². The molecule has 0 fully saturated rings. The fourth-order valence-electron chi connectivity index (χ4n) is 2.58. The normalized spacial score (nSPS) is 11.8. The molecule has 1 aliphatic rings. The zero-order valence-electron chi connectivity index (χ0n) is 12.2. The molecule has 22 heavy (non-hydrogen) atoms. The molecule has 0 N–H and O–H groups in total. The molecule has 114 valence electrons. The number of nitrogens with zero attached hydrogens (tertiary/aromatic N) is 1. The van der Waals surface area contributed by atoms with E-state index in [2.05, 4.69) is 65.6 Å². The van der Waals surface area contributed by atoms with Crippen LogP contribution in [0.4, 0.5) is 11.4 Å². The molecule has 0 aliphatic carbocycles. The highest BCUT2D eigenvalue weighted by Crippen LogP contribution is 2.36. The molecule has 4 heteroatoms. The van der Waals surface area contributed by atoms with Crippen molar-refractivity contribution < 1.29 is 4.79 Å².